The number of nitrogens with zero attached hydrogens (tertiary/aromatic N) is 3. The maximum atomic E-state index is 12.5. The first-order valence-electron chi connectivity index (χ1n) is 10.6. The Morgan fingerprint density at radius 2 is 1.96 bits per heavy atom. The summed E-state index contributed by atoms with van der Waals surface area (Å²) in [5.74, 6) is 2.57. The van der Waals surface area contributed by atoms with Crippen LogP contribution in [-0.4, -0.2) is 32.5 Å². The molecule has 1 amide bonds. The van der Waals surface area contributed by atoms with Gasteiger partial charge in [-0.1, -0.05) is 50.8 Å². The van der Waals surface area contributed by atoms with Crippen molar-refractivity contribution < 1.29 is 9.21 Å². The standard InChI is InChI=1S/C21H30N4O2S/c1-15-8-5-6-11-17(15)22-19(26)14-28-21-24-23-20(18-12-7-13-27-18)25(21)16-9-3-2-4-10-16/h7,12-13,15-17H,2-6,8-11,14H2,1H3,(H,22,26)/t15-,17+/m1/s1. The lowest BCUT2D eigenvalue weighted by Crippen LogP contribution is -2.41. The topological polar surface area (TPSA) is 73.0 Å². The molecule has 0 saturated heterocycles. The van der Waals surface area contributed by atoms with E-state index in [1.807, 2.05) is 12.1 Å². The van der Waals surface area contributed by atoms with Crippen LogP contribution in [0.15, 0.2) is 28.0 Å². The van der Waals surface area contributed by atoms with Crippen molar-refractivity contribution in [2.24, 2.45) is 5.92 Å². The highest BCUT2D eigenvalue weighted by Gasteiger charge is 2.26. The summed E-state index contributed by atoms with van der Waals surface area (Å²) >= 11 is 1.49. The van der Waals surface area contributed by atoms with E-state index in [0.29, 0.717) is 23.8 Å². The van der Waals surface area contributed by atoms with E-state index in [0.717, 1.165) is 36.0 Å². The minimum absolute atomic E-state index is 0.0986. The third-order valence-corrected chi connectivity index (χ3v) is 7.08. The fourth-order valence-corrected chi connectivity index (χ4v) is 5.34. The molecule has 28 heavy (non-hydrogen) atoms. The number of furan rings is 1. The number of carbonyl (C=O) groups excluding carboxylic acids is 1. The van der Waals surface area contributed by atoms with Gasteiger partial charge < -0.3 is 9.73 Å². The van der Waals surface area contributed by atoms with Gasteiger partial charge in [0.25, 0.3) is 0 Å². The van der Waals surface area contributed by atoms with Crippen molar-refractivity contribution in [2.75, 3.05) is 5.75 Å². The molecule has 2 heterocycles. The monoisotopic (exact) mass is 402 g/mol. The van der Waals surface area contributed by atoms with Gasteiger partial charge in [0.2, 0.25) is 11.7 Å². The number of hydrogen-bond donors (Lipinski definition) is 1. The van der Waals surface area contributed by atoms with Crippen molar-refractivity contribution in [2.45, 2.75) is 82.0 Å². The van der Waals surface area contributed by atoms with Gasteiger partial charge in [0.1, 0.15) is 0 Å². The van der Waals surface area contributed by atoms with Crippen molar-refractivity contribution in [3.63, 3.8) is 0 Å². The average molecular weight is 403 g/mol. The minimum Gasteiger partial charge on any atom is -0.461 e. The number of hydrogen-bond acceptors (Lipinski definition) is 5. The molecule has 0 spiro atoms. The summed E-state index contributed by atoms with van der Waals surface area (Å²) in [6, 6.07) is 4.50. The van der Waals surface area contributed by atoms with E-state index in [1.165, 1.54) is 50.3 Å². The highest BCUT2D eigenvalue weighted by molar-refractivity contribution is 7.99. The first kappa shape index (κ1) is 19.6. The number of rotatable bonds is 6. The summed E-state index contributed by atoms with van der Waals surface area (Å²) in [5.41, 5.74) is 0. The van der Waals surface area contributed by atoms with Gasteiger partial charge in [0.15, 0.2) is 10.9 Å². The smallest absolute Gasteiger partial charge is 0.230 e. The van der Waals surface area contributed by atoms with Gasteiger partial charge in [-0.15, -0.1) is 10.2 Å². The molecule has 2 aliphatic rings. The summed E-state index contributed by atoms with van der Waals surface area (Å²) in [4.78, 5) is 12.5. The second-order valence-electron chi connectivity index (χ2n) is 8.17. The van der Waals surface area contributed by atoms with Crippen LogP contribution in [0.4, 0.5) is 0 Å². The highest BCUT2D eigenvalue weighted by atomic mass is 32.2. The molecule has 0 unspecified atom stereocenters. The quantitative estimate of drug-likeness (QED) is 0.701. The molecule has 2 saturated carbocycles. The van der Waals surface area contributed by atoms with Crippen LogP contribution in [0.1, 0.15) is 70.8 Å². The molecule has 0 bridgehead atoms. The Morgan fingerprint density at radius 1 is 1.18 bits per heavy atom. The Balaban J connectivity index is 1.45. The predicted octanol–water partition coefficient (Wildman–Crippen LogP) is 4.83. The molecule has 0 radical (unpaired) electrons. The van der Waals surface area contributed by atoms with E-state index in [-0.39, 0.29) is 5.91 Å². The molecule has 2 atom stereocenters. The first-order chi connectivity index (χ1) is 13.7. The number of carbonyl (C=O) groups is 1. The van der Waals surface area contributed by atoms with Crippen molar-refractivity contribution in [3.8, 4) is 11.6 Å². The number of aromatic nitrogens is 3. The Labute approximate surface area is 170 Å². The first-order valence-corrected chi connectivity index (χ1v) is 11.6. The van der Waals surface area contributed by atoms with Crippen molar-refractivity contribution in [1.82, 2.24) is 20.1 Å². The van der Waals surface area contributed by atoms with E-state index < -0.39 is 0 Å². The predicted molar refractivity (Wildman–Crippen MR) is 110 cm³/mol. The summed E-state index contributed by atoms with van der Waals surface area (Å²) in [6.07, 6.45) is 12.5. The van der Waals surface area contributed by atoms with Crippen molar-refractivity contribution in [1.29, 1.82) is 0 Å². The van der Waals surface area contributed by atoms with Crippen LogP contribution in [0.5, 0.6) is 0 Å². The van der Waals surface area contributed by atoms with Gasteiger partial charge in [0.05, 0.1) is 12.0 Å². The van der Waals surface area contributed by atoms with E-state index in [1.54, 1.807) is 6.26 Å². The molecule has 4 rings (SSSR count). The fraction of sp³-hybridized carbons (Fsp3) is 0.667. The number of amides is 1. The normalized spacial score (nSPS) is 23.6. The van der Waals surface area contributed by atoms with Gasteiger partial charge in [0, 0.05) is 12.1 Å². The lowest BCUT2D eigenvalue weighted by Gasteiger charge is -2.29. The molecule has 2 fully saturated rings. The van der Waals surface area contributed by atoms with Crippen LogP contribution in [0.3, 0.4) is 0 Å². The molecule has 6 nitrogen and oxygen atoms in total. The van der Waals surface area contributed by atoms with Crippen LogP contribution in [0.2, 0.25) is 0 Å². The highest BCUT2D eigenvalue weighted by Crippen LogP contribution is 2.35. The van der Waals surface area contributed by atoms with Crippen LogP contribution in [-0.2, 0) is 4.79 Å². The zero-order chi connectivity index (χ0) is 19.3. The second kappa shape index (κ2) is 9.16. The van der Waals surface area contributed by atoms with Gasteiger partial charge in [-0.25, -0.2) is 0 Å². The van der Waals surface area contributed by atoms with Crippen LogP contribution in [0, 0.1) is 5.92 Å². The van der Waals surface area contributed by atoms with Crippen LogP contribution < -0.4 is 5.32 Å². The van der Waals surface area contributed by atoms with E-state index in [4.69, 9.17) is 4.42 Å². The van der Waals surface area contributed by atoms with E-state index in [2.05, 4.69) is 27.0 Å². The third kappa shape index (κ3) is 4.45. The summed E-state index contributed by atoms with van der Waals surface area (Å²) in [7, 11) is 0. The molecule has 7 heteroatoms. The summed E-state index contributed by atoms with van der Waals surface area (Å²) in [5, 5.41) is 12.9. The number of thioether (sulfide) groups is 1. The van der Waals surface area contributed by atoms with Gasteiger partial charge >= 0.3 is 0 Å². The van der Waals surface area contributed by atoms with Crippen LogP contribution in [0.25, 0.3) is 11.6 Å². The third-order valence-electron chi connectivity index (χ3n) is 6.14. The molecule has 0 aliphatic heterocycles. The molecule has 2 aromatic heterocycles. The lowest BCUT2D eigenvalue weighted by atomic mass is 9.86. The zero-order valence-corrected chi connectivity index (χ0v) is 17.4. The van der Waals surface area contributed by atoms with Gasteiger partial charge in [-0.3, -0.25) is 9.36 Å². The molecular weight excluding hydrogens is 372 g/mol. The van der Waals surface area contributed by atoms with Gasteiger partial charge in [-0.05, 0) is 43.7 Å². The Bertz CT molecular complexity index is 767. The van der Waals surface area contributed by atoms with Crippen molar-refractivity contribution >= 4 is 17.7 Å². The molecule has 152 valence electrons. The molecule has 2 aromatic rings. The molecule has 2 aliphatic carbocycles. The Kier molecular flexibility index (Phi) is 6.40. The molecule has 0 aromatic carbocycles. The van der Waals surface area contributed by atoms with Crippen LogP contribution >= 0.6 is 11.8 Å². The van der Waals surface area contributed by atoms with E-state index >= 15 is 0 Å². The SMILES string of the molecule is C[C@@H]1CCCC[C@@H]1NC(=O)CSc1nnc(-c2ccco2)n1C1CCCCC1. The Morgan fingerprint density at radius 3 is 2.71 bits per heavy atom. The van der Waals surface area contributed by atoms with Gasteiger partial charge in [-0.2, -0.15) is 0 Å². The fourth-order valence-electron chi connectivity index (χ4n) is 4.53. The maximum Gasteiger partial charge on any atom is 0.230 e. The number of nitrogens with one attached hydrogen (secondary N) is 1. The average Bonchev–Trinajstić information content (AvgIpc) is 3.38. The summed E-state index contributed by atoms with van der Waals surface area (Å²) < 4.78 is 7.80. The maximum absolute atomic E-state index is 12.5. The largest absolute Gasteiger partial charge is 0.461 e. The molecule has 1 N–H and O–H groups in total. The Hall–Kier alpha value is -1.76. The summed E-state index contributed by atoms with van der Waals surface area (Å²) in [6.45, 7) is 2.24. The second-order valence-corrected chi connectivity index (χ2v) is 9.11. The zero-order valence-electron chi connectivity index (χ0n) is 16.6. The lowest BCUT2D eigenvalue weighted by molar-refractivity contribution is -0.119. The van der Waals surface area contributed by atoms with Crippen molar-refractivity contribution in [3.05, 3.63) is 18.4 Å². The molecular formula is C21H30N4O2S. The van der Waals surface area contributed by atoms with E-state index in [9.17, 15) is 4.79 Å². The minimum atomic E-state index is 0.0986.